The molecule has 0 saturated heterocycles. The zero-order chi connectivity index (χ0) is 25.1. The zero-order valence-corrected chi connectivity index (χ0v) is 22.8. The molecule has 0 fully saturated rings. The van der Waals surface area contributed by atoms with Gasteiger partial charge >= 0.3 is 0 Å². The average Bonchev–Trinajstić information content (AvgIpc) is 3.41. The second kappa shape index (κ2) is 8.37. The minimum absolute atomic E-state index is 0.0801. The highest BCUT2D eigenvalue weighted by Gasteiger charge is 2.34. The molecule has 0 bridgehead atoms. The van der Waals surface area contributed by atoms with Crippen LogP contribution in [-0.4, -0.2) is 0 Å². The molecule has 0 heteroatoms. The van der Waals surface area contributed by atoms with Crippen LogP contribution < -0.4 is 0 Å². The van der Waals surface area contributed by atoms with Crippen LogP contribution >= 0.6 is 0 Å². The Morgan fingerprint density at radius 2 is 1.34 bits per heavy atom. The van der Waals surface area contributed by atoms with Gasteiger partial charge in [0.2, 0.25) is 0 Å². The highest BCUT2D eigenvalue weighted by atomic mass is 14.4. The van der Waals surface area contributed by atoms with Crippen LogP contribution in [0.4, 0.5) is 0 Å². The van der Waals surface area contributed by atoms with Crippen molar-refractivity contribution in [2.75, 3.05) is 0 Å². The summed E-state index contributed by atoms with van der Waals surface area (Å²) in [6.07, 6.45) is 10.2. The Balaban J connectivity index is 1.83. The molecule has 0 aliphatic heterocycles. The molecule has 0 N–H and O–H groups in total. The fourth-order valence-corrected chi connectivity index (χ4v) is 6.56. The van der Waals surface area contributed by atoms with Crippen molar-refractivity contribution in [3.8, 4) is 11.1 Å². The van der Waals surface area contributed by atoms with Crippen molar-refractivity contribution < 1.29 is 0 Å². The lowest BCUT2D eigenvalue weighted by Crippen LogP contribution is -2.19. The van der Waals surface area contributed by atoms with Gasteiger partial charge in [-0.15, -0.1) is 0 Å². The molecule has 1 unspecified atom stereocenters. The van der Waals surface area contributed by atoms with Gasteiger partial charge in [0.1, 0.15) is 0 Å². The lowest BCUT2D eigenvalue weighted by atomic mass is 9.72. The van der Waals surface area contributed by atoms with Gasteiger partial charge in [0.25, 0.3) is 0 Å². The summed E-state index contributed by atoms with van der Waals surface area (Å²) in [6.45, 7) is 18.8. The van der Waals surface area contributed by atoms with E-state index < -0.39 is 0 Å². The third-order valence-corrected chi connectivity index (χ3v) is 8.10. The Kier molecular flexibility index (Phi) is 5.71. The van der Waals surface area contributed by atoms with Crippen LogP contribution in [0.15, 0.2) is 72.8 Å². The topological polar surface area (TPSA) is 0 Å². The Labute approximate surface area is 212 Å². The highest BCUT2D eigenvalue weighted by Crippen LogP contribution is 2.50. The Morgan fingerprint density at radius 1 is 0.743 bits per heavy atom. The van der Waals surface area contributed by atoms with Crippen LogP contribution in [0.5, 0.6) is 0 Å². The molecule has 0 saturated carbocycles. The number of fused-ring (bicyclic) bond motifs is 3. The number of aryl methyl sites for hydroxylation is 1. The molecule has 5 rings (SSSR count). The van der Waals surface area contributed by atoms with E-state index in [1.165, 1.54) is 44.5 Å². The molecule has 1 atom stereocenters. The molecular weight excluding hydrogens is 420 g/mol. The highest BCUT2D eigenvalue weighted by molar-refractivity contribution is 5.81. The summed E-state index contributed by atoms with van der Waals surface area (Å²) in [6, 6.07) is 18.7. The minimum Gasteiger partial charge on any atom is -0.0767 e. The number of hydrogen-bond donors (Lipinski definition) is 0. The number of benzene rings is 3. The first-order valence-corrected chi connectivity index (χ1v) is 13.2. The van der Waals surface area contributed by atoms with E-state index >= 15 is 0 Å². The van der Waals surface area contributed by atoms with E-state index in [0.29, 0.717) is 11.8 Å². The summed E-state index contributed by atoms with van der Waals surface area (Å²) in [5, 5.41) is 0. The predicted octanol–water partition coefficient (Wildman–Crippen LogP) is 9.34. The normalized spacial score (nSPS) is 16.0. The summed E-state index contributed by atoms with van der Waals surface area (Å²) < 4.78 is 0. The van der Waals surface area contributed by atoms with Gasteiger partial charge in [-0.3, -0.25) is 0 Å². The van der Waals surface area contributed by atoms with E-state index in [4.69, 9.17) is 0 Å². The van der Waals surface area contributed by atoms with Gasteiger partial charge in [-0.1, -0.05) is 114 Å². The standard InChI is InChI=1S/C35H40/c1-22-18-26-19-29-28(27(26)20-30(22)34(3,4)5)21-31(35(6,7)8)23(2)32(29)33(25-16-12-13-17-25)24-14-10-9-11-15-24/h9-18,20-21,25,33H,19H2,1-8H3. The van der Waals surface area contributed by atoms with Crippen LogP contribution in [0.1, 0.15) is 92.0 Å². The molecule has 180 valence electrons. The van der Waals surface area contributed by atoms with Crippen LogP contribution in [0.2, 0.25) is 0 Å². The molecule has 2 aliphatic rings. The molecule has 0 amide bonds. The largest absolute Gasteiger partial charge is 0.0767 e. The SMILES string of the molecule is Cc1cc2c(cc1C(C)(C)C)-c1cc(C(C)(C)C)c(C)c(C(c3ccccc3)C3C=CC=C3)c1C2. The monoisotopic (exact) mass is 460 g/mol. The Morgan fingerprint density at radius 3 is 1.94 bits per heavy atom. The third kappa shape index (κ3) is 4.12. The van der Waals surface area contributed by atoms with Crippen molar-refractivity contribution in [1.82, 2.24) is 0 Å². The summed E-state index contributed by atoms with van der Waals surface area (Å²) in [4.78, 5) is 0. The quantitative estimate of drug-likeness (QED) is 0.286. The van der Waals surface area contributed by atoms with E-state index in [0.717, 1.165) is 6.42 Å². The van der Waals surface area contributed by atoms with Crippen LogP contribution in [0.25, 0.3) is 11.1 Å². The van der Waals surface area contributed by atoms with Crippen LogP contribution in [-0.2, 0) is 17.3 Å². The van der Waals surface area contributed by atoms with E-state index in [1.807, 2.05) is 0 Å². The third-order valence-electron chi connectivity index (χ3n) is 8.10. The van der Waals surface area contributed by atoms with Gasteiger partial charge in [0, 0.05) is 11.8 Å². The summed E-state index contributed by atoms with van der Waals surface area (Å²) >= 11 is 0. The van der Waals surface area contributed by atoms with E-state index in [2.05, 4.69) is 128 Å². The molecule has 0 heterocycles. The smallest absolute Gasteiger partial charge is 0.0193 e. The average molecular weight is 461 g/mol. The van der Waals surface area contributed by atoms with Gasteiger partial charge in [-0.2, -0.15) is 0 Å². The first-order valence-electron chi connectivity index (χ1n) is 13.2. The molecule has 2 aliphatic carbocycles. The van der Waals surface area contributed by atoms with Crippen molar-refractivity contribution in [3.05, 3.63) is 117 Å². The molecule has 3 aromatic carbocycles. The van der Waals surface area contributed by atoms with E-state index in [-0.39, 0.29) is 10.8 Å². The molecule has 0 radical (unpaired) electrons. The van der Waals surface area contributed by atoms with Gasteiger partial charge in [0.05, 0.1) is 0 Å². The summed E-state index contributed by atoms with van der Waals surface area (Å²) in [7, 11) is 0. The van der Waals surface area contributed by atoms with Gasteiger partial charge in [-0.25, -0.2) is 0 Å². The number of hydrogen-bond acceptors (Lipinski definition) is 0. The fraction of sp³-hybridized carbons (Fsp3) is 0.371. The fourth-order valence-electron chi connectivity index (χ4n) is 6.56. The van der Waals surface area contributed by atoms with E-state index in [1.54, 1.807) is 11.1 Å². The maximum Gasteiger partial charge on any atom is 0.0193 e. The number of allylic oxidation sites excluding steroid dienone is 4. The first kappa shape index (κ1) is 23.9. The van der Waals surface area contributed by atoms with Crippen molar-refractivity contribution in [2.45, 2.75) is 78.6 Å². The van der Waals surface area contributed by atoms with Gasteiger partial charge < -0.3 is 0 Å². The lowest BCUT2D eigenvalue weighted by molar-refractivity contribution is 0.581. The second-order valence-corrected chi connectivity index (χ2v) is 12.7. The van der Waals surface area contributed by atoms with Crippen LogP contribution in [0.3, 0.4) is 0 Å². The summed E-state index contributed by atoms with van der Waals surface area (Å²) in [5.74, 6) is 0.700. The van der Waals surface area contributed by atoms with Crippen molar-refractivity contribution in [2.24, 2.45) is 5.92 Å². The molecular formula is C35H40. The first-order chi connectivity index (χ1) is 16.5. The maximum absolute atomic E-state index is 2.53. The summed E-state index contributed by atoms with van der Waals surface area (Å²) in [5.41, 5.74) is 14.9. The van der Waals surface area contributed by atoms with Crippen molar-refractivity contribution in [3.63, 3.8) is 0 Å². The molecule has 3 aromatic rings. The number of rotatable bonds is 3. The zero-order valence-electron chi connectivity index (χ0n) is 22.8. The van der Waals surface area contributed by atoms with Crippen LogP contribution in [0, 0.1) is 19.8 Å². The van der Waals surface area contributed by atoms with Crippen molar-refractivity contribution >= 4 is 0 Å². The molecule has 35 heavy (non-hydrogen) atoms. The minimum atomic E-state index is 0.0801. The van der Waals surface area contributed by atoms with E-state index in [9.17, 15) is 0 Å². The Bertz CT molecular complexity index is 1320. The molecule has 0 spiro atoms. The predicted molar refractivity (Wildman–Crippen MR) is 152 cm³/mol. The molecule has 0 nitrogen and oxygen atoms in total. The van der Waals surface area contributed by atoms with Gasteiger partial charge in [-0.05, 0) is 86.7 Å². The van der Waals surface area contributed by atoms with Crippen molar-refractivity contribution in [1.29, 1.82) is 0 Å². The van der Waals surface area contributed by atoms with Gasteiger partial charge in [0.15, 0.2) is 0 Å². The lowest BCUT2D eigenvalue weighted by Gasteiger charge is -2.32. The second-order valence-electron chi connectivity index (χ2n) is 12.7. The Hall–Kier alpha value is -2.86. The maximum atomic E-state index is 2.53. The molecule has 0 aromatic heterocycles.